The van der Waals surface area contributed by atoms with Gasteiger partial charge in [0.05, 0.1) is 11.7 Å². The van der Waals surface area contributed by atoms with Crippen LogP contribution in [0.15, 0.2) is 84.6 Å². The van der Waals surface area contributed by atoms with Gasteiger partial charge in [0.1, 0.15) is 0 Å². The molecule has 1 aliphatic rings. The monoisotopic (exact) mass is 340 g/mol. The van der Waals surface area contributed by atoms with E-state index in [1.54, 1.807) is 0 Å². The molecule has 2 atom stereocenters. The van der Waals surface area contributed by atoms with Crippen molar-refractivity contribution in [1.29, 1.82) is 0 Å². The van der Waals surface area contributed by atoms with Crippen molar-refractivity contribution in [2.45, 2.75) is 32.4 Å². The fourth-order valence-electron chi connectivity index (χ4n) is 3.74. The third-order valence-corrected chi connectivity index (χ3v) is 5.18. The van der Waals surface area contributed by atoms with Crippen molar-refractivity contribution in [1.82, 2.24) is 10.3 Å². The number of aryl methyl sites for hydroxylation is 1. The molecule has 0 spiro atoms. The molecule has 2 nitrogen and oxygen atoms in total. The number of hydrogen-bond acceptors (Lipinski definition) is 2. The molecule has 2 heterocycles. The Labute approximate surface area is 155 Å². The molecule has 0 radical (unpaired) electrons. The van der Waals surface area contributed by atoms with E-state index in [0.717, 1.165) is 12.1 Å². The van der Waals surface area contributed by atoms with Gasteiger partial charge in [0.2, 0.25) is 0 Å². The first-order chi connectivity index (χ1) is 12.7. The topological polar surface area (TPSA) is 24.9 Å². The molecule has 130 valence electrons. The van der Waals surface area contributed by atoms with E-state index in [1.165, 1.54) is 27.8 Å². The van der Waals surface area contributed by atoms with Crippen LogP contribution in [-0.4, -0.2) is 4.98 Å². The summed E-state index contributed by atoms with van der Waals surface area (Å²) in [6.45, 7) is 4.36. The minimum atomic E-state index is 0.268. The van der Waals surface area contributed by atoms with Crippen LogP contribution in [0.4, 0.5) is 0 Å². The van der Waals surface area contributed by atoms with Crippen molar-refractivity contribution >= 4 is 0 Å². The van der Waals surface area contributed by atoms with Crippen LogP contribution < -0.4 is 5.32 Å². The largest absolute Gasteiger partial charge is 0.299 e. The molecule has 0 aliphatic carbocycles. The van der Waals surface area contributed by atoms with Gasteiger partial charge in [0.15, 0.2) is 0 Å². The maximum atomic E-state index is 4.78. The molecule has 0 unspecified atom stereocenters. The summed E-state index contributed by atoms with van der Waals surface area (Å²) < 4.78 is 0. The summed E-state index contributed by atoms with van der Waals surface area (Å²) in [5.41, 5.74) is 7.42. The number of hydrogen-bond donors (Lipinski definition) is 1. The van der Waals surface area contributed by atoms with Gasteiger partial charge >= 0.3 is 0 Å². The number of rotatable bonds is 3. The Morgan fingerprint density at radius 1 is 0.885 bits per heavy atom. The summed E-state index contributed by atoms with van der Waals surface area (Å²) in [5, 5.41) is 3.81. The molecule has 0 amide bonds. The van der Waals surface area contributed by atoms with Crippen LogP contribution in [0.3, 0.4) is 0 Å². The molecule has 2 heteroatoms. The number of aromatic nitrogens is 1. The predicted molar refractivity (Wildman–Crippen MR) is 108 cm³/mol. The minimum absolute atomic E-state index is 0.268. The van der Waals surface area contributed by atoms with Gasteiger partial charge in [-0.1, -0.05) is 78.4 Å². The Hall–Kier alpha value is -2.71. The maximum absolute atomic E-state index is 4.78. The van der Waals surface area contributed by atoms with Crippen LogP contribution in [0.1, 0.15) is 42.1 Å². The smallest absolute Gasteiger partial charge is 0.0731 e. The van der Waals surface area contributed by atoms with E-state index < -0.39 is 0 Å². The second kappa shape index (κ2) is 7.27. The van der Waals surface area contributed by atoms with Crippen molar-refractivity contribution in [2.75, 3.05) is 0 Å². The van der Waals surface area contributed by atoms with E-state index in [4.69, 9.17) is 4.98 Å². The average Bonchev–Trinajstić information content (AvgIpc) is 2.69. The first-order valence-corrected chi connectivity index (χ1v) is 9.22. The van der Waals surface area contributed by atoms with Crippen LogP contribution in [-0.2, 0) is 0 Å². The number of nitrogens with one attached hydrogen (secondary N) is 1. The molecule has 1 aliphatic heterocycles. The molecular formula is C24H24N2. The molecule has 0 bridgehead atoms. The van der Waals surface area contributed by atoms with Crippen LogP contribution in [0.5, 0.6) is 0 Å². The fraction of sp³-hybridized carbons (Fsp3) is 0.208. The van der Waals surface area contributed by atoms with E-state index in [0.29, 0.717) is 6.04 Å². The van der Waals surface area contributed by atoms with Crippen LogP contribution in [0, 0.1) is 6.92 Å². The van der Waals surface area contributed by atoms with Crippen molar-refractivity contribution < 1.29 is 0 Å². The molecule has 3 aromatic rings. The van der Waals surface area contributed by atoms with Gasteiger partial charge in [-0.3, -0.25) is 10.3 Å². The van der Waals surface area contributed by atoms with E-state index >= 15 is 0 Å². The summed E-state index contributed by atoms with van der Waals surface area (Å²) in [6, 6.07) is 23.9. The van der Waals surface area contributed by atoms with Crippen LogP contribution >= 0.6 is 0 Å². The van der Waals surface area contributed by atoms with Crippen molar-refractivity contribution in [3.05, 3.63) is 101 Å². The van der Waals surface area contributed by atoms with E-state index in [2.05, 4.69) is 85.9 Å². The van der Waals surface area contributed by atoms with Crippen molar-refractivity contribution in [2.24, 2.45) is 0 Å². The predicted octanol–water partition coefficient (Wildman–Crippen LogP) is 5.78. The van der Waals surface area contributed by atoms with E-state index in [1.807, 2.05) is 12.3 Å². The summed E-state index contributed by atoms with van der Waals surface area (Å²) in [5.74, 6) is 0. The Morgan fingerprint density at radius 3 is 2.27 bits per heavy atom. The van der Waals surface area contributed by atoms with Gasteiger partial charge < -0.3 is 0 Å². The summed E-state index contributed by atoms with van der Waals surface area (Å²) in [4.78, 5) is 4.78. The van der Waals surface area contributed by atoms with Gasteiger partial charge in [-0.2, -0.15) is 0 Å². The van der Waals surface area contributed by atoms with Crippen molar-refractivity contribution in [3.63, 3.8) is 0 Å². The Morgan fingerprint density at radius 2 is 1.58 bits per heavy atom. The number of benzene rings is 2. The minimum Gasteiger partial charge on any atom is -0.299 e. The first-order valence-electron chi connectivity index (χ1n) is 9.22. The summed E-state index contributed by atoms with van der Waals surface area (Å²) >= 11 is 0. The molecule has 2 aromatic carbocycles. The molecule has 0 saturated carbocycles. The second-order valence-electron chi connectivity index (χ2n) is 7.05. The quantitative estimate of drug-likeness (QED) is 0.611. The zero-order valence-electron chi connectivity index (χ0n) is 15.3. The second-order valence-corrected chi connectivity index (χ2v) is 7.05. The lowest BCUT2D eigenvalue weighted by atomic mass is 9.90. The highest BCUT2D eigenvalue weighted by Crippen LogP contribution is 2.33. The lowest BCUT2D eigenvalue weighted by Crippen LogP contribution is -2.30. The first kappa shape index (κ1) is 16.7. The molecule has 1 N–H and O–H groups in total. The zero-order valence-corrected chi connectivity index (χ0v) is 15.3. The Bertz CT molecular complexity index is 913. The molecule has 1 aromatic heterocycles. The fourth-order valence-corrected chi connectivity index (χ4v) is 3.74. The average molecular weight is 340 g/mol. The molecule has 0 saturated heterocycles. The van der Waals surface area contributed by atoms with E-state index in [-0.39, 0.29) is 6.04 Å². The molecule has 26 heavy (non-hydrogen) atoms. The van der Waals surface area contributed by atoms with Gasteiger partial charge in [0, 0.05) is 17.8 Å². The normalized spacial score (nSPS) is 19.8. The van der Waals surface area contributed by atoms with Crippen LogP contribution in [0.2, 0.25) is 0 Å². The highest BCUT2D eigenvalue weighted by Gasteiger charge is 2.24. The summed E-state index contributed by atoms with van der Waals surface area (Å²) in [6.07, 6.45) is 5.39. The van der Waals surface area contributed by atoms with Gasteiger partial charge in [-0.25, -0.2) is 0 Å². The zero-order chi connectivity index (χ0) is 17.9. The Balaban J connectivity index is 1.61. The Kier molecular flexibility index (Phi) is 4.68. The highest BCUT2D eigenvalue weighted by atomic mass is 15.0. The van der Waals surface area contributed by atoms with Gasteiger partial charge in [-0.15, -0.1) is 0 Å². The standard InChI is InChI=1S/C24H24N2/c1-17-13-14-22(26-24(17)20-11-7-4-8-12-20)21-15-18(2)23(25-16-21)19-9-5-3-6-10-19/h3-13,15-16,22,24,26H,14H2,1-2H3/t22-,24+/m1/s1. The third-order valence-electron chi connectivity index (χ3n) is 5.18. The van der Waals surface area contributed by atoms with Crippen molar-refractivity contribution in [3.8, 4) is 11.3 Å². The van der Waals surface area contributed by atoms with Crippen LogP contribution in [0.25, 0.3) is 11.3 Å². The SMILES string of the molecule is CC1=CC[C@H](c2cnc(-c3ccccc3)c(C)c2)N[C@@H]1c1ccccc1. The number of nitrogens with zero attached hydrogens (tertiary/aromatic N) is 1. The number of pyridine rings is 1. The highest BCUT2D eigenvalue weighted by molar-refractivity contribution is 5.62. The summed E-state index contributed by atoms with van der Waals surface area (Å²) in [7, 11) is 0. The van der Waals surface area contributed by atoms with Gasteiger partial charge in [-0.05, 0) is 37.0 Å². The van der Waals surface area contributed by atoms with E-state index in [9.17, 15) is 0 Å². The molecule has 0 fully saturated rings. The lowest BCUT2D eigenvalue weighted by molar-refractivity contribution is 0.456. The lowest BCUT2D eigenvalue weighted by Gasteiger charge is -2.31. The molecular weight excluding hydrogens is 316 g/mol. The third kappa shape index (κ3) is 3.33. The van der Waals surface area contributed by atoms with Gasteiger partial charge in [0.25, 0.3) is 0 Å². The maximum Gasteiger partial charge on any atom is 0.0731 e. The molecule has 4 rings (SSSR count).